The van der Waals surface area contributed by atoms with Crippen molar-refractivity contribution < 1.29 is 26.7 Å². The van der Waals surface area contributed by atoms with E-state index < -0.39 is 17.7 Å². The summed E-state index contributed by atoms with van der Waals surface area (Å²) in [5, 5.41) is 6.07. The standard InChI is InChI=1S/C22H24F5N3O/c1-30(2)17-9-3-14(4-10-17)11-20(31)29-19-13-28-12-18(19)15-5-7-16(8-6-15)21(23,24)22(25,26)27/h3-10,18-19,28H,11-13H2,1-2H3,(H,29,31)/t18-,19+/m0/s1. The van der Waals surface area contributed by atoms with Crippen molar-refractivity contribution >= 4 is 11.6 Å². The molecule has 0 aliphatic carbocycles. The van der Waals surface area contributed by atoms with Crippen LogP contribution in [-0.2, 0) is 17.1 Å². The molecule has 0 saturated carbocycles. The maximum atomic E-state index is 13.5. The van der Waals surface area contributed by atoms with E-state index in [0.717, 1.165) is 23.4 Å². The van der Waals surface area contributed by atoms with Crippen molar-refractivity contribution in [1.29, 1.82) is 0 Å². The number of nitrogens with one attached hydrogen (secondary N) is 2. The number of nitrogens with zero attached hydrogens (tertiary/aromatic N) is 1. The molecule has 1 saturated heterocycles. The summed E-state index contributed by atoms with van der Waals surface area (Å²) < 4.78 is 64.7. The maximum Gasteiger partial charge on any atom is 0.458 e. The van der Waals surface area contributed by atoms with Gasteiger partial charge >= 0.3 is 12.1 Å². The summed E-state index contributed by atoms with van der Waals surface area (Å²) in [6, 6.07) is 11.4. The lowest BCUT2D eigenvalue weighted by atomic mass is 9.92. The van der Waals surface area contributed by atoms with Gasteiger partial charge in [-0.1, -0.05) is 36.4 Å². The second-order valence-corrected chi connectivity index (χ2v) is 7.87. The fourth-order valence-electron chi connectivity index (χ4n) is 3.64. The Labute approximate surface area is 177 Å². The van der Waals surface area contributed by atoms with Crippen molar-refractivity contribution in [3.63, 3.8) is 0 Å². The summed E-state index contributed by atoms with van der Waals surface area (Å²) in [4.78, 5) is 14.4. The van der Waals surface area contributed by atoms with Crippen LogP contribution in [0.4, 0.5) is 27.6 Å². The van der Waals surface area contributed by atoms with Gasteiger partial charge in [-0.15, -0.1) is 0 Å². The summed E-state index contributed by atoms with van der Waals surface area (Å²) in [5.41, 5.74) is 1.36. The number of hydrogen-bond acceptors (Lipinski definition) is 3. The van der Waals surface area contributed by atoms with Gasteiger partial charge in [0.1, 0.15) is 0 Å². The number of halogens is 5. The van der Waals surface area contributed by atoms with E-state index in [9.17, 15) is 26.7 Å². The first-order valence-corrected chi connectivity index (χ1v) is 9.80. The van der Waals surface area contributed by atoms with E-state index >= 15 is 0 Å². The lowest BCUT2D eigenvalue weighted by Crippen LogP contribution is -2.40. The van der Waals surface area contributed by atoms with Gasteiger partial charge in [0.15, 0.2) is 0 Å². The quantitative estimate of drug-likeness (QED) is 0.670. The fraction of sp³-hybridized carbons (Fsp3) is 0.409. The third-order valence-electron chi connectivity index (χ3n) is 5.44. The average Bonchev–Trinajstić information content (AvgIpc) is 3.15. The molecular weight excluding hydrogens is 417 g/mol. The van der Waals surface area contributed by atoms with Gasteiger partial charge in [-0.25, -0.2) is 0 Å². The molecule has 2 atom stereocenters. The number of benzene rings is 2. The van der Waals surface area contributed by atoms with Gasteiger partial charge < -0.3 is 15.5 Å². The lowest BCUT2D eigenvalue weighted by molar-refractivity contribution is -0.289. The van der Waals surface area contributed by atoms with Crippen LogP contribution < -0.4 is 15.5 Å². The molecule has 1 fully saturated rings. The Morgan fingerprint density at radius 3 is 2.16 bits per heavy atom. The fourth-order valence-corrected chi connectivity index (χ4v) is 3.64. The molecule has 1 heterocycles. The smallest absolute Gasteiger partial charge is 0.378 e. The van der Waals surface area contributed by atoms with E-state index in [-0.39, 0.29) is 24.3 Å². The van der Waals surface area contributed by atoms with E-state index in [2.05, 4.69) is 10.6 Å². The number of rotatable bonds is 6. The van der Waals surface area contributed by atoms with Crippen molar-refractivity contribution in [1.82, 2.24) is 10.6 Å². The Hall–Kier alpha value is -2.68. The molecule has 31 heavy (non-hydrogen) atoms. The number of amides is 1. The molecule has 0 spiro atoms. The molecule has 1 aliphatic heterocycles. The lowest BCUT2D eigenvalue weighted by Gasteiger charge is -2.23. The van der Waals surface area contributed by atoms with Gasteiger partial charge in [0, 0.05) is 50.4 Å². The van der Waals surface area contributed by atoms with Crippen molar-refractivity contribution in [3.05, 3.63) is 65.2 Å². The van der Waals surface area contributed by atoms with Crippen LogP contribution in [0.2, 0.25) is 0 Å². The Morgan fingerprint density at radius 2 is 1.61 bits per heavy atom. The molecule has 4 nitrogen and oxygen atoms in total. The third-order valence-corrected chi connectivity index (χ3v) is 5.44. The zero-order valence-electron chi connectivity index (χ0n) is 17.1. The summed E-state index contributed by atoms with van der Waals surface area (Å²) in [7, 11) is 3.84. The highest BCUT2D eigenvalue weighted by Gasteiger charge is 2.58. The van der Waals surface area contributed by atoms with Crippen LogP contribution >= 0.6 is 0 Å². The number of alkyl halides is 5. The van der Waals surface area contributed by atoms with Crippen molar-refractivity contribution in [2.75, 3.05) is 32.1 Å². The minimum Gasteiger partial charge on any atom is -0.378 e. The normalized spacial score (nSPS) is 19.3. The number of carbonyl (C=O) groups excluding carboxylic acids is 1. The Kier molecular flexibility index (Phi) is 6.54. The van der Waals surface area contributed by atoms with Crippen LogP contribution in [-0.4, -0.2) is 45.3 Å². The first-order chi connectivity index (χ1) is 14.5. The molecule has 0 aromatic heterocycles. The second-order valence-electron chi connectivity index (χ2n) is 7.87. The highest BCUT2D eigenvalue weighted by Crippen LogP contribution is 2.44. The number of carbonyl (C=O) groups is 1. The van der Waals surface area contributed by atoms with E-state index in [0.29, 0.717) is 18.7 Å². The molecule has 2 aromatic rings. The molecule has 9 heteroatoms. The van der Waals surface area contributed by atoms with E-state index in [1.54, 1.807) is 0 Å². The van der Waals surface area contributed by atoms with Crippen molar-refractivity contribution in [2.45, 2.75) is 30.5 Å². The minimum atomic E-state index is -5.65. The average molecular weight is 441 g/mol. The number of anilines is 1. The maximum absolute atomic E-state index is 13.5. The predicted molar refractivity (Wildman–Crippen MR) is 108 cm³/mol. The Morgan fingerprint density at radius 1 is 1.00 bits per heavy atom. The van der Waals surface area contributed by atoms with Gasteiger partial charge in [-0.2, -0.15) is 22.0 Å². The molecule has 2 aromatic carbocycles. The molecule has 0 radical (unpaired) electrons. The molecule has 3 rings (SSSR count). The van der Waals surface area contributed by atoms with Crippen LogP contribution in [0.3, 0.4) is 0 Å². The zero-order valence-corrected chi connectivity index (χ0v) is 17.1. The molecule has 1 aliphatic rings. The number of hydrogen-bond donors (Lipinski definition) is 2. The molecule has 0 bridgehead atoms. The molecular formula is C22H24F5N3O. The molecule has 1 amide bonds. The van der Waals surface area contributed by atoms with Gasteiger partial charge in [-0.3, -0.25) is 4.79 Å². The first-order valence-electron chi connectivity index (χ1n) is 9.80. The largest absolute Gasteiger partial charge is 0.458 e. The molecule has 0 unspecified atom stereocenters. The Balaban J connectivity index is 1.65. The van der Waals surface area contributed by atoms with Crippen molar-refractivity contribution in [3.8, 4) is 0 Å². The summed E-state index contributed by atoms with van der Waals surface area (Å²) in [6.45, 7) is 0.966. The highest BCUT2D eigenvalue weighted by atomic mass is 19.4. The zero-order chi connectivity index (χ0) is 22.8. The predicted octanol–water partition coefficient (Wildman–Crippen LogP) is 3.82. The highest BCUT2D eigenvalue weighted by molar-refractivity contribution is 5.79. The molecule has 168 valence electrons. The van der Waals surface area contributed by atoms with Gasteiger partial charge in [0.2, 0.25) is 5.91 Å². The van der Waals surface area contributed by atoms with Crippen LogP contribution in [0.25, 0.3) is 0 Å². The van der Waals surface area contributed by atoms with E-state index in [1.165, 1.54) is 12.1 Å². The van der Waals surface area contributed by atoms with Crippen molar-refractivity contribution in [2.24, 2.45) is 0 Å². The van der Waals surface area contributed by atoms with Gasteiger partial charge in [0.05, 0.1) is 6.42 Å². The van der Waals surface area contributed by atoms with Crippen LogP contribution in [0, 0.1) is 0 Å². The summed E-state index contributed by atoms with van der Waals surface area (Å²) >= 11 is 0. The van der Waals surface area contributed by atoms with Gasteiger partial charge in [-0.05, 0) is 23.3 Å². The van der Waals surface area contributed by atoms with Crippen LogP contribution in [0.5, 0.6) is 0 Å². The molecule has 2 N–H and O–H groups in total. The monoisotopic (exact) mass is 441 g/mol. The van der Waals surface area contributed by atoms with E-state index in [4.69, 9.17) is 0 Å². The SMILES string of the molecule is CN(C)c1ccc(CC(=O)N[C@@H]2CNC[C@H]2c2ccc(C(F)(F)C(F)(F)F)cc2)cc1. The summed E-state index contributed by atoms with van der Waals surface area (Å²) in [6.07, 6.45) is -5.46. The van der Waals surface area contributed by atoms with Crippen LogP contribution in [0.15, 0.2) is 48.5 Å². The first kappa shape index (κ1) is 23.0. The van der Waals surface area contributed by atoms with Gasteiger partial charge in [0.25, 0.3) is 0 Å². The minimum absolute atomic E-state index is 0.184. The second kappa shape index (κ2) is 8.82. The third kappa shape index (κ3) is 5.15. The topological polar surface area (TPSA) is 44.4 Å². The Bertz CT molecular complexity index is 895. The summed E-state index contributed by atoms with van der Waals surface area (Å²) in [5.74, 6) is -5.32. The van der Waals surface area contributed by atoms with E-state index in [1.807, 2.05) is 43.3 Å². The van der Waals surface area contributed by atoms with Crippen LogP contribution in [0.1, 0.15) is 22.6 Å².